The molecular weight excluding hydrogens is 242 g/mol. The predicted octanol–water partition coefficient (Wildman–Crippen LogP) is 0.453. The highest BCUT2D eigenvalue weighted by atomic mass is 16.1. The molecule has 6 nitrogen and oxygen atoms in total. The number of likely N-dealkylation sites (tertiary alicyclic amines) is 1. The molecule has 104 valence electrons. The number of hydrazine groups is 1. The highest BCUT2D eigenvalue weighted by molar-refractivity contribution is 5.77. The Labute approximate surface area is 113 Å². The van der Waals surface area contributed by atoms with Gasteiger partial charge in [-0.05, 0) is 25.8 Å². The molecule has 5 N–H and O–H groups in total. The van der Waals surface area contributed by atoms with E-state index in [9.17, 15) is 4.79 Å². The number of carbonyl (C=O) groups excluding carboxylic acids is 1. The number of piperidine rings is 1. The maximum atomic E-state index is 11.3. The van der Waals surface area contributed by atoms with E-state index >= 15 is 0 Å². The molecule has 1 saturated heterocycles. The van der Waals surface area contributed by atoms with E-state index in [0.29, 0.717) is 18.4 Å². The van der Waals surface area contributed by atoms with Crippen LogP contribution in [0.4, 0.5) is 5.82 Å². The summed E-state index contributed by atoms with van der Waals surface area (Å²) in [5.74, 6) is 5.88. The monoisotopic (exact) mass is 263 g/mol. The summed E-state index contributed by atoms with van der Waals surface area (Å²) in [7, 11) is 0. The van der Waals surface area contributed by atoms with Gasteiger partial charge in [0.25, 0.3) is 0 Å². The van der Waals surface area contributed by atoms with Crippen LogP contribution in [0.5, 0.6) is 0 Å². The highest BCUT2D eigenvalue weighted by Gasteiger charge is 2.28. The molecule has 0 saturated carbocycles. The number of pyridine rings is 1. The summed E-state index contributed by atoms with van der Waals surface area (Å²) >= 11 is 0. The van der Waals surface area contributed by atoms with Crippen molar-refractivity contribution in [1.29, 1.82) is 0 Å². The molecule has 0 aliphatic carbocycles. The first-order valence-electron chi connectivity index (χ1n) is 6.55. The smallest absolute Gasteiger partial charge is 0.221 e. The Morgan fingerprint density at radius 1 is 1.58 bits per heavy atom. The van der Waals surface area contributed by atoms with Gasteiger partial charge in [0.05, 0.1) is 5.92 Å². The summed E-state index contributed by atoms with van der Waals surface area (Å²) in [6.07, 6.45) is 3.56. The molecule has 2 atom stereocenters. The molecule has 1 aliphatic rings. The van der Waals surface area contributed by atoms with Crippen LogP contribution >= 0.6 is 0 Å². The Morgan fingerprint density at radius 2 is 2.37 bits per heavy atom. The van der Waals surface area contributed by atoms with Crippen LogP contribution in [0.1, 0.15) is 25.3 Å². The van der Waals surface area contributed by atoms with Gasteiger partial charge in [-0.1, -0.05) is 6.07 Å². The van der Waals surface area contributed by atoms with Gasteiger partial charge in [0.15, 0.2) is 0 Å². The zero-order valence-corrected chi connectivity index (χ0v) is 11.2. The van der Waals surface area contributed by atoms with Gasteiger partial charge in [0, 0.05) is 30.9 Å². The Hall–Kier alpha value is -1.66. The van der Waals surface area contributed by atoms with Gasteiger partial charge in [0.2, 0.25) is 5.91 Å². The minimum absolute atomic E-state index is 0.0536. The largest absolute Gasteiger partial charge is 0.369 e. The number of aromatic nitrogens is 1. The maximum absolute atomic E-state index is 11.3. The van der Waals surface area contributed by atoms with Crippen LogP contribution < -0.4 is 17.0 Å². The number of hydrogen-bond donors (Lipinski definition) is 3. The summed E-state index contributed by atoms with van der Waals surface area (Å²) in [5.41, 5.74) is 9.05. The lowest BCUT2D eigenvalue weighted by molar-refractivity contribution is -0.124. The van der Waals surface area contributed by atoms with Gasteiger partial charge < -0.3 is 11.2 Å². The Kier molecular flexibility index (Phi) is 4.34. The fraction of sp³-hybridized carbons (Fsp3) is 0.538. The third-order valence-electron chi connectivity index (χ3n) is 3.81. The van der Waals surface area contributed by atoms with E-state index in [2.05, 4.69) is 22.2 Å². The third-order valence-corrected chi connectivity index (χ3v) is 3.81. The number of anilines is 1. The number of amides is 1. The van der Waals surface area contributed by atoms with Crippen LogP contribution in [0.15, 0.2) is 18.3 Å². The van der Waals surface area contributed by atoms with Gasteiger partial charge in [0.1, 0.15) is 5.82 Å². The van der Waals surface area contributed by atoms with Gasteiger partial charge >= 0.3 is 0 Å². The van der Waals surface area contributed by atoms with Gasteiger partial charge in [-0.2, -0.15) is 0 Å². The number of carbonyl (C=O) groups is 1. The molecule has 19 heavy (non-hydrogen) atoms. The molecule has 0 radical (unpaired) electrons. The van der Waals surface area contributed by atoms with E-state index in [0.717, 1.165) is 24.9 Å². The number of primary amides is 1. The van der Waals surface area contributed by atoms with E-state index < -0.39 is 0 Å². The predicted molar refractivity (Wildman–Crippen MR) is 73.8 cm³/mol. The van der Waals surface area contributed by atoms with Crippen molar-refractivity contribution in [3.8, 4) is 0 Å². The number of rotatable bonds is 4. The molecule has 1 aliphatic heterocycles. The molecule has 0 spiro atoms. The average molecular weight is 263 g/mol. The normalized spacial score (nSPS) is 24.1. The SMILES string of the molecule is CC1CCC(C(N)=O)CN1Cc1cccnc1NN. The van der Waals surface area contributed by atoms with E-state index in [4.69, 9.17) is 11.6 Å². The summed E-state index contributed by atoms with van der Waals surface area (Å²) < 4.78 is 0. The molecule has 2 heterocycles. The second-order valence-electron chi connectivity index (χ2n) is 5.11. The summed E-state index contributed by atoms with van der Waals surface area (Å²) in [6.45, 7) is 3.59. The molecule has 1 amide bonds. The molecule has 1 fully saturated rings. The van der Waals surface area contributed by atoms with Crippen molar-refractivity contribution < 1.29 is 4.79 Å². The minimum Gasteiger partial charge on any atom is -0.369 e. The van der Waals surface area contributed by atoms with Crippen LogP contribution in [0.3, 0.4) is 0 Å². The quantitative estimate of drug-likeness (QED) is 0.541. The fourth-order valence-corrected chi connectivity index (χ4v) is 2.55. The highest BCUT2D eigenvalue weighted by Crippen LogP contribution is 2.24. The van der Waals surface area contributed by atoms with E-state index in [1.54, 1.807) is 6.20 Å². The first-order valence-corrected chi connectivity index (χ1v) is 6.55. The van der Waals surface area contributed by atoms with E-state index in [1.807, 2.05) is 12.1 Å². The summed E-state index contributed by atoms with van der Waals surface area (Å²) in [4.78, 5) is 17.8. The average Bonchev–Trinajstić information content (AvgIpc) is 2.41. The number of nitrogens with zero attached hydrogens (tertiary/aromatic N) is 2. The molecular formula is C13H21N5O. The van der Waals surface area contributed by atoms with Gasteiger partial charge in [-0.25, -0.2) is 10.8 Å². The maximum Gasteiger partial charge on any atom is 0.221 e. The van der Waals surface area contributed by atoms with Crippen molar-refractivity contribution in [2.24, 2.45) is 17.5 Å². The number of nitrogen functional groups attached to an aromatic ring is 1. The van der Waals surface area contributed by atoms with E-state index in [-0.39, 0.29) is 11.8 Å². The van der Waals surface area contributed by atoms with Crippen molar-refractivity contribution in [1.82, 2.24) is 9.88 Å². The lowest BCUT2D eigenvalue weighted by Gasteiger charge is -2.37. The zero-order chi connectivity index (χ0) is 13.8. The van der Waals surface area contributed by atoms with Crippen LogP contribution in [-0.4, -0.2) is 28.4 Å². The van der Waals surface area contributed by atoms with Gasteiger partial charge in [-0.3, -0.25) is 9.69 Å². The minimum atomic E-state index is -0.208. The lowest BCUT2D eigenvalue weighted by atomic mass is 9.92. The zero-order valence-electron chi connectivity index (χ0n) is 11.2. The topological polar surface area (TPSA) is 97.3 Å². The molecule has 0 aromatic carbocycles. The Balaban J connectivity index is 2.10. The standard InChI is InChI=1S/C13H21N5O/c1-9-4-5-10(12(14)19)7-18(9)8-11-3-2-6-16-13(11)17-15/h2-3,6,9-10H,4-5,7-8,15H2,1H3,(H2,14,19)(H,16,17). The van der Waals surface area contributed by atoms with E-state index in [1.165, 1.54) is 0 Å². The first kappa shape index (κ1) is 13.8. The Morgan fingerprint density at radius 3 is 3.05 bits per heavy atom. The fourth-order valence-electron chi connectivity index (χ4n) is 2.55. The van der Waals surface area contributed by atoms with Crippen molar-refractivity contribution in [3.63, 3.8) is 0 Å². The summed E-state index contributed by atoms with van der Waals surface area (Å²) in [6, 6.07) is 4.31. The van der Waals surface area contributed by atoms with Crippen LogP contribution in [0.25, 0.3) is 0 Å². The second kappa shape index (κ2) is 5.99. The second-order valence-corrected chi connectivity index (χ2v) is 5.11. The van der Waals surface area contributed by atoms with Crippen molar-refractivity contribution >= 4 is 11.7 Å². The number of hydrogen-bond acceptors (Lipinski definition) is 5. The van der Waals surface area contributed by atoms with Crippen molar-refractivity contribution in [2.45, 2.75) is 32.4 Å². The molecule has 1 aromatic rings. The first-order chi connectivity index (χ1) is 9.11. The molecule has 6 heteroatoms. The third kappa shape index (κ3) is 3.21. The number of nitrogens with two attached hydrogens (primary N) is 2. The van der Waals surface area contributed by atoms with Crippen LogP contribution in [-0.2, 0) is 11.3 Å². The van der Waals surface area contributed by atoms with Crippen molar-refractivity contribution in [2.75, 3.05) is 12.0 Å². The molecule has 0 bridgehead atoms. The van der Waals surface area contributed by atoms with Gasteiger partial charge in [-0.15, -0.1) is 0 Å². The number of nitrogens with one attached hydrogen (secondary N) is 1. The molecule has 1 aromatic heterocycles. The van der Waals surface area contributed by atoms with Crippen LogP contribution in [0.2, 0.25) is 0 Å². The lowest BCUT2D eigenvalue weighted by Crippen LogP contribution is -2.45. The molecule has 2 unspecified atom stereocenters. The van der Waals surface area contributed by atoms with Crippen molar-refractivity contribution in [3.05, 3.63) is 23.9 Å². The Bertz CT molecular complexity index is 450. The molecule has 2 rings (SSSR count). The summed E-state index contributed by atoms with van der Waals surface area (Å²) in [5, 5.41) is 0. The van der Waals surface area contributed by atoms with Crippen LogP contribution in [0, 0.1) is 5.92 Å².